The van der Waals surface area contributed by atoms with Crippen molar-refractivity contribution in [2.45, 2.75) is 18.9 Å². The summed E-state index contributed by atoms with van der Waals surface area (Å²) in [7, 11) is 0. The second kappa shape index (κ2) is 5.67. The quantitative estimate of drug-likeness (QED) is 0.898. The molecule has 0 bridgehead atoms. The van der Waals surface area contributed by atoms with Gasteiger partial charge in [-0.2, -0.15) is 0 Å². The number of hydrogen-bond donors (Lipinski definition) is 2. The number of carbonyl (C=O) groups is 1. The van der Waals surface area contributed by atoms with Crippen molar-refractivity contribution >= 4 is 34.8 Å². The molecule has 4 nitrogen and oxygen atoms in total. The summed E-state index contributed by atoms with van der Waals surface area (Å²) < 4.78 is 0. The van der Waals surface area contributed by atoms with Crippen molar-refractivity contribution < 1.29 is 9.90 Å². The SMILES string of the molecule is CCC1(O)CN(CC(=O)Nc2c(Cl)cccc2Cl)C1. The summed E-state index contributed by atoms with van der Waals surface area (Å²) in [4.78, 5) is 13.7. The summed E-state index contributed by atoms with van der Waals surface area (Å²) in [6.45, 7) is 3.20. The fraction of sp³-hybridized carbons (Fsp3) is 0.462. The minimum Gasteiger partial charge on any atom is -0.387 e. The summed E-state index contributed by atoms with van der Waals surface area (Å²) in [5, 5.41) is 13.4. The Morgan fingerprint density at radius 1 is 1.42 bits per heavy atom. The third kappa shape index (κ3) is 3.39. The molecule has 2 rings (SSSR count). The highest BCUT2D eigenvalue weighted by Gasteiger charge is 2.39. The normalized spacial score (nSPS) is 17.9. The van der Waals surface area contributed by atoms with Crippen LogP contribution in [-0.4, -0.2) is 41.1 Å². The largest absolute Gasteiger partial charge is 0.387 e. The highest BCUT2D eigenvalue weighted by atomic mass is 35.5. The lowest BCUT2D eigenvalue weighted by Gasteiger charge is -2.45. The number of β-amino-alcohol motifs (C(OH)–C–C–N with tert-alkyl or cyclic N) is 1. The number of rotatable bonds is 4. The molecule has 104 valence electrons. The lowest BCUT2D eigenvalue weighted by Crippen LogP contribution is -2.62. The van der Waals surface area contributed by atoms with E-state index < -0.39 is 5.60 Å². The average molecular weight is 303 g/mol. The smallest absolute Gasteiger partial charge is 0.238 e. The molecule has 0 saturated carbocycles. The first-order chi connectivity index (χ1) is 8.93. The van der Waals surface area contributed by atoms with E-state index in [4.69, 9.17) is 23.2 Å². The van der Waals surface area contributed by atoms with Crippen LogP contribution >= 0.6 is 23.2 Å². The van der Waals surface area contributed by atoms with Gasteiger partial charge < -0.3 is 10.4 Å². The van der Waals surface area contributed by atoms with Gasteiger partial charge in [0.15, 0.2) is 0 Å². The van der Waals surface area contributed by atoms with Crippen LogP contribution in [0, 0.1) is 0 Å². The maximum Gasteiger partial charge on any atom is 0.238 e. The molecule has 1 aromatic carbocycles. The van der Waals surface area contributed by atoms with E-state index in [0.29, 0.717) is 35.2 Å². The maximum absolute atomic E-state index is 11.9. The van der Waals surface area contributed by atoms with E-state index in [1.807, 2.05) is 11.8 Å². The Balaban J connectivity index is 1.89. The van der Waals surface area contributed by atoms with Crippen molar-refractivity contribution in [2.24, 2.45) is 0 Å². The molecule has 1 heterocycles. The number of nitrogens with one attached hydrogen (secondary N) is 1. The Bertz CT molecular complexity index is 467. The van der Waals surface area contributed by atoms with Gasteiger partial charge in [-0.15, -0.1) is 0 Å². The van der Waals surface area contributed by atoms with E-state index >= 15 is 0 Å². The van der Waals surface area contributed by atoms with Gasteiger partial charge >= 0.3 is 0 Å². The van der Waals surface area contributed by atoms with E-state index in [1.165, 1.54) is 0 Å². The van der Waals surface area contributed by atoms with Crippen molar-refractivity contribution in [3.8, 4) is 0 Å². The molecule has 0 radical (unpaired) electrons. The number of nitrogens with zero attached hydrogens (tertiary/aromatic N) is 1. The number of aliphatic hydroxyl groups is 1. The fourth-order valence-corrected chi connectivity index (χ4v) is 2.61. The molecule has 2 N–H and O–H groups in total. The van der Waals surface area contributed by atoms with Crippen LogP contribution in [-0.2, 0) is 4.79 Å². The zero-order valence-electron chi connectivity index (χ0n) is 10.6. The monoisotopic (exact) mass is 302 g/mol. The molecule has 1 aliphatic rings. The first kappa shape index (κ1) is 14.6. The van der Waals surface area contributed by atoms with E-state index in [0.717, 1.165) is 0 Å². The average Bonchev–Trinajstić information content (AvgIpc) is 2.32. The van der Waals surface area contributed by atoms with E-state index in [-0.39, 0.29) is 12.5 Å². The molecule has 0 aliphatic carbocycles. The Kier molecular flexibility index (Phi) is 4.36. The van der Waals surface area contributed by atoms with Crippen LogP contribution in [0.1, 0.15) is 13.3 Å². The van der Waals surface area contributed by atoms with E-state index in [2.05, 4.69) is 5.32 Å². The predicted octanol–water partition coefficient (Wildman–Crippen LogP) is 2.39. The molecule has 1 aliphatic heterocycles. The van der Waals surface area contributed by atoms with Crippen LogP contribution in [0.25, 0.3) is 0 Å². The maximum atomic E-state index is 11.9. The number of amides is 1. The van der Waals surface area contributed by atoms with Gasteiger partial charge in [-0.3, -0.25) is 9.69 Å². The van der Waals surface area contributed by atoms with E-state index in [1.54, 1.807) is 18.2 Å². The zero-order valence-corrected chi connectivity index (χ0v) is 12.1. The molecule has 19 heavy (non-hydrogen) atoms. The van der Waals surface area contributed by atoms with Crippen molar-refractivity contribution in [1.29, 1.82) is 0 Å². The number of anilines is 1. The van der Waals surface area contributed by atoms with Crippen LogP contribution in [0.3, 0.4) is 0 Å². The van der Waals surface area contributed by atoms with Crippen molar-refractivity contribution in [2.75, 3.05) is 25.0 Å². The number of benzene rings is 1. The molecule has 1 fully saturated rings. The first-order valence-corrected chi connectivity index (χ1v) is 6.88. The molecule has 6 heteroatoms. The number of likely N-dealkylation sites (tertiary alicyclic amines) is 1. The van der Waals surface area contributed by atoms with Crippen LogP contribution < -0.4 is 5.32 Å². The van der Waals surface area contributed by atoms with Gasteiger partial charge in [0, 0.05) is 13.1 Å². The van der Waals surface area contributed by atoms with Crippen LogP contribution in [0.4, 0.5) is 5.69 Å². The Hall–Kier alpha value is -0.810. The molecule has 1 amide bonds. The molecule has 1 saturated heterocycles. The summed E-state index contributed by atoms with van der Waals surface area (Å²) in [6, 6.07) is 5.06. The highest BCUT2D eigenvalue weighted by Crippen LogP contribution is 2.30. The van der Waals surface area contributed by atoms with Crippen molar-refractivity contribution in [1.82, 2.24) is 4.90 Å². The number of hydrogen-bond acceptors (Lipinski definition) is 3. The second-order valence-corrected chi connectivity index (χ2v) is 5.68. The summed E-state index contributed by atoms with van der Waals surface area (Å²) >= 11 is 11.9. The van der Waals surface area contributed by atoms with Gasteiger partial charge in [-0.25, -0.2) is 0 Å². The van der Waals surface area contributed by atoms with Crippen molar-refractivity contribution in [3.63, 3.8) is 0 Å². The molecule has 0 unspecified atom stereocenters. The minimum absolute atomic E-state index is 0.187. The lowest BCUT2D eigenvalue weighted by atomic mass is 9.91. The molecule has 0 spiro atoms. The number of halogens is 2. The number of carbonyl (C=O) groups excluding carboxylic acids is 1. The lowest BCUT2D eigenvalue weighted by molar-refractivity contribution is -0.128. The Labute approximate surface area is 122 Å². The third-order valence-corrected chi connectivity index (χ3v) is 3.92. The molecule has 0 aromatic heterocycles. The highest BCUT2D eigenvalue weighted by molar-refractivity contribution is 6.39. The standard InChI is InChI=1S/C13H16Cl2N2O2/c1-2-13(19)7-17(8-13)6-11(18)16-12-9(14)4-3-5-10(12)15/h3-5,19H,2,6-8H2,1H3,(H,16,18). The third-order valence-electron chi connectivity index (χ3n) is 3.29. The molecular weight excluding hydrogens is 287 g/mol. The molecule has 1 aromatic rings. The minimum atomic E-state index is -0.637. The summed E-state index contributed by atoms with van der Waals surface area (Å²) in [5.74, 6) is -0.187. The fourth-order valence-electron chi connectivity index (χ4n) is 2.12. The van der Waals surface area contributed by atoms with Crippen molar-refractivity contribution in [3.05, 3.63) is 28.2 Å². The van der Waals surface area contributed by atoms with Gasteiger partial charge in [-0.05, 0) is 18.6 Å². The summed E-state index contributed by atoms with van der Waals surface area (Å²) in [5.41, 5.74) is -0.204. The van der Waals surface area contributed by atoms with E-state index in [9.17, 15) is 9.90 Å². The Morgan fingerprint density at radius 3 is 2.53 bits per heavy atom. The predicted molar refractivity (Wildman–Crippen MR) is 76.8 cm³/mol. The Morgan fingerprint density at radius 2 is 2.00 bits per heavy atom. The van der Waals surface area contributed by atoms with Crippen LogP contribution in [0.2, 0.25) is 10.0 Å². The van der Waals surface area contributed by atoms with Gasteiger partial charge in [0.25, 0.3) is 0 Å². The molecular formula is C13H16Cl2N2O2. The van der Waals surface area contributed by atoms with Gasteiger partial charge in [-0.1, -0.05) is 36.2 Å². The second-order valence-electron chi connectivity index (χ2n) is 4.87. The van der Waals surface area contributed by atoms with Gasteiger partial charge in [0.1, 0.15) is 0 Å². The molecule has 0 atom stereocenters. The van der Waals surface area contributed by atoms with Crippen LogP contribution in [0.15, 0.2) is 18.2 Å². The van der Waals surface area contributed by atoms with Gasteiger partial charge in [0.2, 0.25) is 5.91 Å². The van der Waals surface area contributed by atoms with Crippen LogP contribution in [0.5, 0.6) is 0 Å². The topological polar surface area (TPSA) is 52.6 Å². The summed E-state index contributed by atoms with van der Waals surface area (Å²) in [6.07, 6.45) is 0.696. The number of para-hydroxylation sites is 1. The zero-order chi connectivity index (χ0) is 14.0. The first-order valence-electron chi connectivity index (χ1n) is 6.12. The van der Waals surface area contributed by atoms with Gasteiger partial charge in [0.05, 0.1) is 27.9 Å².